The fraction of sp³-hybridized carbons (Fsp3) is 0. The third-order valence-electron chi connectivity index (χ3n) is 2.14. The fourth-order valence-electron chi connectivity index (χ4n) is 1.31. The number of rotatable bonds is 3. The number of carboxylic acids is 1. The molecule has 0 radical (unpaired) electrons. The molecular weight excluding hydrogens is 258 g/mol. The third kappa shape index (κ3) is 2.67. The summed E-state index contributed by atoms with van der Waals surface area (Å²) in [7, 11) is 0. The monoisotopic (exact) mass is 265 g/mol. The van der Waals surface area contributed by atoms with Gasteiger partial charge in [0.05, 0.1) is 10.6 Å². The first-order valence-corrected chi connectivity index (χ1v) is 5.28. The number of halogens is 1. The summed E-state index contributed by atoms with van der Waals surface area (Å²) >= 11 is 5.67. The second-order valence-corrected chi connectivity index (χ2v) is 3.86. The maximum atomic E-state index is 11.7. The summed E-state index contributed by atoms with van der Waals surface area (Å²) in [5.41, 5.74) is 0.312. The zero-order valence-electron chi connectivity index (χ0n) is 8.98. The average Bonchev–Trinajstić information content (AvgIpc) is 2.76. The summed E-state index contributed by atoms with van der Waals surface area (Å²) in [6.45, 7) is 0. The van der Waals surface area contributed by atoms with Crippen molar-refractivity contribution in [1.29, 1.82) is 0 Å². The van der Waals surface area contributed by atoms with Gasteiger partial charge in [-0.15, -0.1) is 0 Å². The van der Waals surface area contributed by atoms with E-state index in [1.165, 1.54) is 30.6 Å². The summed E-state index contributed by atoms with van der Waals surface area (Å²) in [4.78, 5) is 29.0. The van der Waals surface area contributed by atoms with Gasteiger partial charge in [0.1, 0.15) is 11.5 Å². The minimum atomic E-state index is -1.09. The number of aromatic amines is 1. The molecule has 0 saturated heterocycles. The van der Waals surface area contributed by atoms with E-state index in [1.807, 2.05) is 0 Å². The number of carbonyl (C=O) groups excluding carboxylic acids is 1. The maximum Gasteiger partial charge on any atom is 0.335 e. The quantitative estimate of drug-likeness (QED) is 0.791. The smallest absolute Gasteiger partial charge is 0.335 e. The van der Waals surface area contributed by atoms with Gasteiger partial charge in [-0.3, -0.25) is 4.79 Å². The summed E-state index contributed by atoms with van der Waals surface area (Å²) in [6, 6.07) is 4.06. The molecule has 0 aromatic carbocycles. The number of amides is 1. The topological polar surface area (TPSA) is 95.1 Å². The molecule has 0 saturated carbocycles. The zero-order chi connectivity index (χ0) is 13.1. The lowest BCUT2D eigenvalue weighted by atomic mass is 10.2. The number of nitrogens with zero attached hydrogens (tertiary/aromatic N) is 1. The Morgan fingerprint density at radius 2 is 2.17 bits per heavy atom. The highest BCUT2D eigenvalue weighted by atomic mass is 35.5. The van der Waals surface area contributed by atoms with Crippen molar-refractivity contribution in [3.63, 3.8) is 0 Å². The molecule has 0 unspecified atom stereocenters. The van der Waals surface area contributed by atoms with E-state index in [2.05, 4.69) is 15.3 Å². The second kappa shape index (κ2) is 4.89. The van der Waals surface area contributed by atoms with Crippen LogP contribution in [0.3, 0.4) is 0 Å². The van der Waals surface area contributed by atoms with Gasteiger partial charge in [0, 0.05) is 12.4 Å². The molecule has 0 aliphatic rings. The molecule has 2 aromatic rings. The van der Waals surface area contributed by atoms with Crippen molar-refractivity contribution < 1.29 is 14.7 Å². The van der Waals surface area contributed by atoms with Crippen LogP contribution in [-0.2, 0) is 0 Å². The van der Waals surface area contributed by atoms with Gasteiger partial charge in [0.2, 0.25) is 0 Å². The van der Waals surface area contributed by atoms with Crippen molar-refractivity contribution in [3.8, 4) is 0 Å². The highest BCUT2D eigenvalue weighted by molar-refractivity contribution is 6.31. The molecule has 0 spiro atoms. The molecule has 6 nitrogen and oxygen atoms in total. The van der Waals surface area contributed by atoms with E-state index in [9.17, 15) is 9.59 Å². The first kappa shape index (κ1) is 12.1. The van der Waals surface area contributed by atoms with Crippen molar-refractivity contribution in [2.45, 2.75) is 0 Å². The van der Waals surface area contributed by atoms with Gasteiger partial charge >= 0.3 is 5.97 Å². The number of nitrogens with one attached hydrogen (secondary N) is 2. The van der Waals surface area contributed by atoms with Crippen molar-refractivity contribution >= 4 is 29.3 Å². The number of aromatic nitrogens is 2. The van der Waals surface area contributed by atoms with Crippen molar-refractivity contribution in [1.82, 2.24) is 9.97 Å². The molecule has 0 fully saturated rings. The predicted molar refractivity (Wildman–Crippen MR) is 65.0 cm³/mol. The van der Waals surface area contributed by atoms with Gasteiger partial charge in [0.15, 0.2) is 0 Å². The Hall–Kier alpha value is -2.34. The average molecular weight is 266 g/mol. The Labute approximate surface area is 107 Å². The molecule has 2 heterocycles. The van der Waals surface area contributed by atoms with Crippen molar-refractivity contribution in [2.75, 3.05) is 5.32 Å². The Kier molecular flexibility index (Phi) is 3.29. The van der Waals surface area contributed by atoms with E-state index in [1.54, 1.807) is 0 Å². The normalized spacial score (nSPS) is 10.1. The molecule has 18 heavy (non-hydrogen) atoms. The Balaban J connectivity index is 2.16. The zero-order valence-corrected chi connectivity index (χ0v) is 9.73. The largest absolute Gasteiger partial charge is 0.478 e. The van der Waals surface area contributed by atoms with Crippen molar-refractivity contribution in [3.05, 3.63) is 46.9 Å². The van der Waals surface area contributed by atoms with E-state index in [0.717, 1.165) is 0 Å². The second-order valence-electron chi connectivity index (χ2n) is 3.42. The van der Waals surface area contributed by atoms with Gasteiger partial charge in [-0.25, -0.2) is 9.78 Å². The van der Waals surface area contributed by atoms with Crippen LogP contribution in [-0.4, -0.2) is 27.0 Å². The van der Waals surface area contributed by atoms with Gasteiger partial charge in [-0.05, 0) is 18.2 Å². The van der Waals surface area contributed by atoms with E-state index in [4.69, 9.17) is 16.7 Å². The van der Waals surface area contributed by atoms with Crippen molar-refractivity contribution in [2.24, 2.45) is 0 Å². The van der Waals surface area contributed by atoms with Crippen LogP contribution in [0.2, 0.25) is 5.02 Å². The number of hydrogen-bond donors (Lipinski definition) is 3. The van der Waals surface area contributed by atoms with E-state index in [-0.39, 0.29) is 17.1 Å². The Morgan fingerprint density at radius 3 is 2.78 bits per heavy atom. The standard InChI is InChI=1S/C11H8ClN3O3/c12-7-4-8(14-5-7)10(16)15-9-3-6(11(17)18)1-2-13-9/h1-5,14H,(H,17,18)(H,13,15,16). The molecule has 2 rings (SSSR count). The van der Waals surface area contributed by atoms with Crippen LogP contribution < -0.4 is 5.32 Å². The number of anilines is 1. The molecule has 0 aliphatic carbocycles. The fourth-order valence-corrected chi connectivity index (χ4v) is 1.48. The lowest BCUT2D eigenvalue weighted by molar-refractivity contribution is 0.0696. The van der Waals surface area contributed by atoms with E-state index >= 15 is 0 Å². The first-order chi connectivity index (χ1) is 8.56. The lowest BCUT2D eigenvalue weighted by Gasteiger charge is -2.03. The molecule has 0 aliphatic heterocycles. The lowest BCUT2D eigenvalue weighted by Crippen LogP contribution is -2.13. The molecule has 0 atom stereocenters. The van der Waals surface area contributed by atoms with Gasteiger partial charge in [-0.1, -0.05) is 11.6 Å². The number of H-pyrrole nitrogens is 1. The van der Waals surface area contributed by atoms with Crippen LogP contribution in [0.4, 0.5) is 5.82 Å². The van der Waals surface area contributed by atoms with Gasteiger partial charge < -0.3 is 15.4 Å². The van der Waals surface area contributed by atoms with Gasteiger partial charge in [-0.2, -0.15) is 0 Å². The predicted octanol–water partition coefficient (Wildman–Crippen LogP) is 2.01. The van der Waals surface area contributed by atoms with Crippen LogP contribution in [0.1, 0.15) is 20.8 Å². The summed E-state index contributed by atoms with van der Waals surface area (Å²) in [5, 5.41) is 11.7. The molecule has 2 aromatic heterocycles. The van der Waals surface area contributed by atoms with Crippen LogP contribution in [0.15, 0.2) is 30.6 Å². The van der Waals surface area contributed by atoms with E-state index < -0.39 is 11.9 Å². The van der Waals surface area contributed by atoms with Crippen LogP contribution in [0.5, 0.6) is 0 Å². The number of hydrogen-bond acceptors (Lipinski definition) is 3. The number of pyridine rings is 1. The minimum absolute atomic E-state index is 0.0461. The number of carbonyl (C=O) groups is 2. The first-order valence-electron chi connectivity index (χ1n) is 4.91. The number of aromatic carboxylic acids is 1. The molecule has 0 bridgehead atoms. The summed E-state index contributed by atoms with van der Waals surface area (Å²) < 4.78 is 0. The molecule has 7 heteroatoms. The SMILES string of the molecule is O=C(O)c1ccnc(NC(=O)c2cc(Cl)c[nH]2)c1. The van der Waals surface area contributed by atoms with Crippen LogP contribution in [0, 0.1) is 0 Å². The molecular formula is C11H8ClN3O3. The molecule has 3 N–H and O–H groups in total. The van der Waals surface area contributed by atoms with Crippen LogP contribution >= 0.6 is 11.6 Å². The minimum Gasteiger partial charge on any atom is -0.478 e. The maximum absolute atomic E-state index is 11.7. The highest BCUT2D eigenvalue weighted by Crippen LogP contribution is 2.12. The van der Waals surface area contributed by atoms with Crippen LogP contribution in [0.25, 0.3) is 0 Å². The van der Waals surface area contributed by atoms with Gasteiger partial charge in [0.25, 0.3) is 5.91 Å². The Morgan fingerprint density at radius 1 is 1.39 bits per heavy atom. The third-order valence-corrected chi connectivity index (χ3v) is 2.36. The number of carboxylic acid groups (broad SMARTS) is 1. The Bertz CT molecular complexity index is 609. The summed E-state index contributed by atoms with van der Waals surface area (Å²) in [5.74, 6) is -1.38. The van der Waals surface area contributed by atoms with E-state index in [0.29, 0.717) is 5.02 Å². The summed E-state index contributed by atoms with van der Waals surface area (Å²) in [6.07, 6.45) is 2.78. The molecule has 92 valence electrons. The molecule has 1 amide bonds. The highest BCUT2D eigenvalue weighted by Gasteiger charge is 2.10.